The van der Waals surface area contributed by atoms with Crippen LogP contribution in [0.4, 0.5) is 0 Å². The molecule has 0 fully saturated rings. The predicted octanol–water partition coefficient (Wildman–Crippen LogP) is 2.90. The number of fused-ring (bicyclic) bond motifs is 2. The lowest BCUT2D eigenvalue weighted by molar-refractivity contribution is 0.174. The minimum Gasteiger partial charge on any atom is -0.507 e. The number of methoxy groups -OCH3 is 1. The number of phenols is 1. The first-order chi connectivity index (χ1) is 11.2. The third kappa shape index (κ3) is 2.15. The van der Waals surface area contributed by atoms with Gasteiger partial charge in [0.25, 0.3) is 0 Å². The molecule has 0 unspecified atom stereocenters. The molecule has 1 aliphatic heterocycles. The maximum atomic E-state index is 12.3. The molecule has 1 aliphatic rings. The summed E-state index contributed by atoms with van der Waals surface area (Å²) in [6.07, 6.45) is 0. The SMILES string of the molecule is COc1cc(O)c2c(=O)cc(-c3ccc4c(c3)OCO4)oc2c1. The van der Waals surface area contributed by atoms with E-state index in [1.54, 1.807) is 24.3 Å². The number of benzene rings is 2. The van der Waals surface area contributed by atoms with E-state index >= 15 is 0 Å². The maximum Gasteiger partial charge on any atom is 0.231 e. The maximum absolute atomic E-state index is 12.3. The minimum absolute atomic E-state index is 0.121. The van der Waals surface area contributed by atoms with Gasteiger partial charge in [0.05, 0.1) is 7.11 Å². The third-order valence-corrected chi connectivity index (χ3v) is 3.68. The van der Waals surface area contributed by atoms with Gasteiger partial charge in [-0.3, -0.25) is 4.79 Å². The Kier molecular flexibility index (Phi) is 2.90. The molecule has 23 heavy (non-hydrogen) atoms. The number of ether oxygens (including phenoxy) is 3. The van der Waals surface area contributed by atoms with Crippen LogP contribution in [0.15, 0.2) is 45.6 Å². The largest absolute Gasteiger partial charge is 0.507 e. The fourth-order valence-corrected chi connectivity index (χ4v) is 2.55. The van der Waals surface area contributed by atoms with Gasteiger partial charge < -0.3 is 23.7 Å². The van der Waals surface area contributed by atoms with E-state index in [2.05, 4.69) is 0 Å². The predicted molar refractivity (Wildman–Crippen MR) is 82.3 cm³/mol. The summed E-state index contributed by atoms with van der Waals surface area (Å²) in [7, 11) is 1.47. The van der Waals surface area contributed by atoms with Gasteiger partial charge in [-0.2, -0.15) is 0 Å². The zero-order chi connectivity index (χ0) is 16.0. The van der Waals surface area contributed by atoms with Crippen molar-refractivity contribution in [3.8, 4) is 34.3 Å². The first-order valence-corrected chi connectivity index (χ1v) is 6.90. The van der Waals surface area contributed by atoms with E-state index in [1.165, 1.54) is 19.2 Å². The van der Waals surface area contributed by atoms with E-state index in [4.69, 9.17) is 18.6 Å². The summed E-state index contributed by atoms with van der Waals surface area (Å²) < 4.78 is 21.5. The molecule has 2 aromatic carbocycles. The molecule has 0 saturated carbocycles. The molecular formula is C17H12O6. The lowest BCUT2D eigenvalue weighted by Gasteiger charge is -2.07. The second-order valence-corrected chi connectivity index (χ2v) is 5.06. The molecule has 4 rings (SSSR count). The standard InChI is InChI=1S/C17H12O6/c1-20-10-5-11(18)17-12(19)7-14(23-16(17)6-10)9-2-3-13-15(4-9)22-8-21-13/h2-7,18H,8H2,1H3. The van der Waals surface area contributed by atoms with Crippen molar-refractivity contribution in [1.29, 1.82) is 0 Å². The van der Waals surface area contributed by atoms with Crippen molar-refractivity contribution < 1.29 is 23.7 Å². The highest BCUT2D eigenvalue weighted by molar-refractivity contribution is 5.86. The molecule has 6 heteroatoms. The Labute approximate surface area is 130 Å². The van der Waals surface area contributed by atoms with Gasteiger partial charge in [-0.25, -0.2) is 0 Å². The van der Waals surface area contributed by atoms with Crippen molar-refractivity contribution in [3.63, 3.8) is 0 Å². The number of phenolic OH excluding ortho intramolecular Hbond substituents is 1. The summed E-state index contributed by atoms with van der Waals surface area (Å²) in [6.45, 7) is 0.172. The molecule has 116 valence electrons. The van der Waals surface area contributed by atoms with Gasteiger partial charge in [-0.05, 0) is 18.2 Å². The summed E-state index contributed by atoms with van der Waals surface area (Å²) in [4.78, 5) is 12.3. The van der Waals surface area contributed by atoms with E-state index in [0.29, 0.717) is 28.6 Å². The summed E-state index contributed by atoms with van der Waals surface area (Å²) in [6, 6.07) is 9.55. The zero-order valence-electron chi connectivity index (χ0n) is 12.2. The first kappa shape index (κ1) is 13.5. The molecular weight excluding hydrogens is 300 g/mol. The Balaban J connectivity index is 1.93. The lowest BCUT2D eigenvalue weighted by Crippen LogP contribution is -2.01. The molecule has 0 atom stereocenters. The molecule has 1 N–H and O–H groups in total. The second kappa shape index (κ2) is 4.95. The smallest absolute Gasteiger partial charge is 0.231 e. The summed E-state index contributed by atoms with van der Waals surface area (Å²) in [5, 5.41) is 10.1. The van der Waals surface area contributed by atoms with E-state index in [1.807, 2.05) is 0 Å². The second-order valence-electron chi connectivity index (χ2n) is 5.06. The van der Waals surface area contributed by atoms with Crippen molar-refractivity contribution >= 4 is 11.0 Å². The van der Waals surface area contributed by atoms with Crippen molar-refractivity contribution in [2.75, 3.05) is 13.9 Å². The van der Waals surface area contributed by atoms with Crippen molar-refractivity contribution in [2.24, 2.45) is 0 Å². The van der Waals surface area contributed by atoms with Crippen LogP contribution in [-0.2, 0) is 0 Å². The van der Waals surface area contributed by atoms with Crippen LogP contribution in [0.1, 0.15) is 0 Å². The van der Waals surface area contributed by atoms with Crippen molar-refractivity contribution in [2.45, 2.75) is 0 Å². The van der Waals surface area contributed by atoms with Crippen molar-refractivity contribution in [3.05, 3.63) is 46.6 Å². The van der Waals surface area contributed by atoms with E-state index in [0.717, 1.165) is 0 Å². The molecule has 0 bridgehead atoms. The highest BCUT2D eigenvalue weighted by Crippen LogP contribution is 2.37. The quantitative estimate of drug-likeness (QED) is 0.784. The number of hydrogen-bond donors (Lipinski definition) is 1. The van der Waals surface area contributed by atoms with Crippen LogP contribution in [0.3, 0.4) is 0 Å². The fourth-order valence-electron chi connectivity index (χ4n) is 2.55. The van der Waals surface area contributed by atoms with Crippen LogP contribution in [0.2, 0.25) is 0 Å². The third-order valence-electron chi connectivity index (χ3n) is 3.68. The zero-order valence-corrected chi connectivity index (χ0v) is 12.2. The van der Waals surface area contributed by atoms with Gasteiger partial charge in [-0.15, -0.1) is 0 Å². The lowest BCUT2D eigenvalue weighted by atomic mass is 10.1. The molecule has 0 saturated heterocycles. The Bertz CT molecular complexity index is 973. The first-order valence-electron chi connectivity index (χ1n) is 6.90. The average Bonchev–Trinajstić information content (AvgIpc) is 3.01. The molecule has 0 amide bonds. The van der Waals surface area contributed by atoms with Crippen LogP contribution >= 0.6 is 0 Å². The van der Waals surface area contributed by atoms with Crippen LogP contribution in [0, 0.1) is 0 Å². The number of hydrogen-bond acceptors (Lipinski definition) is 6. The van der Waals surface area contributed by atoms with Crippen LogP contribution in [-0.4, -0.2) is 19.0 Å². The van der Waals surface area contributed by atoms with E-state index < -0.39 is 0 Å². The van der Waals surface area contributed by atoms with Crippen LogP contribution < -0.4 is 19.6 Å². The van der Waals surface area contributed by atoms with E-state index in [9.17, 15) is 9.90 Å². The highest BCUT2D eigenvalue weighted by Gasteiger charge is 2.17. The van der Waals surface area contributed by atoms with Gasteiger partial charge in [0.1, 0.15) is 28.2 Å². The van der Waals surface area contributed by atoms with Gasteiger partial charge >= 0.3 is 0 Å². The van der Waals surface area contributed by atoms with Gasteiger partial charge in [0.2, 0.25) is 6.79 Å². The summed E-state index contributed by atoms with van der Waals surface area (Å²) in [5.74, 6) is 1.84. The number of rotatable bonds is 2. The topological polar surface area (TPSA) is 78.1 Å². The Morgan fingerprint density at radius 2 is 1.91 bits per heavy atom. The van der Waals surface area contributed by atoms with Gasteiger partial charge in [0.15, 0.2) is 16.9 Å². The summed E-state index contributed by atoms with van der Waals surface area (Å²) in [5.41, 5.74) is 0.594. The fraction of sp³-hybridized carbons (Fsp3) is 0.118. The van der Waals surface area contributed by atoms with Gasteiger partial charge in [-0.1, -0.05) is 0 Å². The Morgan fingerprint density at radius 1 is 1.09 bits per heavy atom. The monoisotopic (exact) mass is 312 g/mol. The molecule has 3 aromatic rings. The van der Waals surface area contributed by atoms with E-state index in [-0.39, 0.29) is 28.9 Å². The molecule has 0 aliphatic carbocycles. The van der Waals surface area contributed by atoms with Crippen molar-refractivity contribution in [1.82, 2.24) is 0 Å². The Morgan fingerprint density at radius 3 is 2.74 bits per heavy atom. The normalized spacial score (nSPS) is 12.6. The minimum atomic E-state index is -0.334. The molecule has 6 nitrogen and oxygen atoms in total. The van der Waals surface area contributed by atoms with Gasteiger partial charge in [0, 0.05) is 23.8 Å². The Hall–Kier alpha value is -3.15. The average molecular weight is 312 g/mol. The summed E-state index contributed by atoms with van der Waals surface area (Å²) >= 11 is 0. The number of aromatic hydroxyl groups is 1. The molecule has 0 spiro atoms. The molecule has 0 radical (unpaired) electrons. The molecule has 2 heterocycles. The van der Waals surface area contributed by atoms with Crippen LogP contribution in [0.25, 0.3) is 22.3 Å². The molecule has 1 aromatic heterocycles. The highest BCUT2D eigenvalue weighted by atomic mass is 16.7. The van der Waals surface area contributed by atoms with Crippen LogP contribution in [0.5, 0.6) is 23.0 Å².